The number of allylic oxidation sites excluding steroid dienone is 1. The van der Waals surface area contributed by atoms with Crippen LogP contribution >= 0.6 is 0 Å². The van der Waals surface area contributed by atoms with Crippen molar-refractivity contribution in [3.05, 3.63) is 77.5 Å². The number of anilines is 1. The Morgan fingerprint density at radius 1 is 1.10 bits per heavy atom. The number of ketones is 1. The molecule has 4 heteroatoms. The van der Waals surface area contributed by atoms with Gasteiger partial charge in [-0.25, -0.2) is 4.79 Å². The van der Waals surface area contributed by atoms with E-state index in [1.165, 1.54) is 18.3 Å². The Bertz CT molecular complexity index is 705. The van der Waals surface area contributed by atoms with Crippen LogP contribution in [0.5, 0.6) is 0 Å². The van der Waals surface area contributed by atoms with E-state index in [9.17, 15) is 9.59 Å². The van der Waals surface area contributed by atoms with Crippen LogP contribution in [0, 0.1) is 6.92 Å². The molecule has 0 aliphatic rings. The average Bonchev–Trinajstić information content (AvgIpc) is 2.47. The van der Waals surface area contributed by atoms with E-state index in [-0.39, 0.29) is 11.3 Å². The van der Waals surface area contributed by atoms with Gasteiger partial charge in [0.2, 0.25) is 0 Å². The zero-order chi connectivity index (χ0) is 15.2. The lowest BCUT2D eigenvalue weighted by Crippen LogP contribution is -2.02. The highest BCUT2D eigenvalue weighted by Crippen LogP contribution is 2.14. The van der Waals surface area contributed by atoms with Crippen molar-refractivity contribution in [3.8, 4) is 0 Å². The van der Waals surface area contributed by atoms with Crippen molar-refractivity contribution in [2.24, 2.45) is 0 Å². The summed E-state index contributed by atoms with van der Waals surface area (Å²) in [6.45, 7) is 1.92. The van der Waals surface area contributed by atoms with Gasteiger partial charge in [-0.2, -0.15) is 0 Å². The van der Waals surface area contributed by atoms with E-state index in [0.717, 1.165) is 5.56 Å². The summed E-state index contributed by atoms with van der Waals surface area (Å²) in [5, 5.41) is 11.9. The Morgan fingerprint density at radius 3 is 2.57 bits per heavy atom. The number of carboxylic acid groups (broad SMARTS) is 1. The zero-order valence-corrected chi connectivity index (χ0v) is 11.5. The van der Waals surface area contributed by atoms with E-state index in [1.54, 1.807) is 30.3 Å². The second-order valence-electron chi connectivity index (χ2n) is 4.56. The predicted molar refractivity (Wildman–Crippen MR) is 81.7 cm³/mol. The second kappa shape index (κ2) is 6.52. The van der Waals surface area contributed by atoms with Gasteiger partial charge in [0.25, 0.3) is 0 Å². The molecule has 0 amide bonds. The number of benzene rings is 2. The third-order valence-corrected chi connectivity index (χ3v) is 2.93. The summed E-state index contributed by atoms with van der Waals surface area (Å²) in [5.74, 6) is -1.16. The molecule has 0 saturated heterocycles. The van der Waals surface area contributed by atoms with Crippen LogP contribution in [0.15, 0.2) is 60.8 Å². The van der Waals surface area contributed by atoms with Crippen LogP contribution in [0.4, 0.5) is 5.69 Å². The minimum absolute atomic E-state index is 0.140. The van der Waals surface area contributed by atoms with E-state index in [1.807, 2.05) is 19.1 Å². The van der Waals surface area contributed by atoms with Crippen LogP contribution in [0.2, 0.25) is 0 Å². The Morgan fingerprint density at radius 2 is 1.86 bits per heavy atom. The van der Waals surface area contributed by atoms with Gasteiger partial charge in [-0.1, -0.05) is 35.9 Å². The largest absolute Gasteiger partial charge is 0.478 e. The molecule has 106 valence electrons. The number of para-hydroxylation sites is 1. The third kappa shape index (κ3) is 3.79. The zero-order valence-electron chi connectivity index (χ0n) is 11.5. The molecule has 0 bridgehead atoms. The van der Waals surface area contributed by atoms with Crippen LogP contribution in [-0.2, 0) is 0 Å². The van der Waals surface area contributed by atoms with Crippen LogP contribution < -0.4 is 5.32 Å². The molecular weight excluding hydrogens is 266 g/mol. The normalized spacial score (nSPS) is 10.5. The maximum absolute atomic E-state index is 12.0. The number of carbonyl (C=O) groups is 2. The highest BCUT2D eigenvalue weighted by Gasteiger charge is 2.07. The van der Waals surface area contributed by atoms with Crippen LogP contribution in [0.25, 0.3) is 0 Å². The lowest BCUT2D eigenvalue weighted by molar-refractivity contribution is 0.0698. The molecule has 21 heavy (non-hydrogen) atoms. The summed E-state index contributed by atoms with van der Waals surface area (Å²) < 4.78 is 0. The fourth-order valence-electron chi connectivity index (χ4n) is 1.90. The minimum atomic E-state index is -1.02. The SMILES string of the molecule is Cc1cccc(C(=O)C=CNc2ccccc2C(=O)O)c1. The molecule has 0 radical (unpaired) electrons. The maximum atomic E-state index is 12.0. The van der Waals surface area contributed by atoms with Gasteiger partial charge in [-0.05, 0) is 25.1 Å². The van der Waals surface area contributed by atoms with Crippen molar-refractivity contribution in [1.29, 1.82) is 0 Å². The molecule has 0 fully saturated rings. The molecule has 2 N–H and O–H groups in total. The van der Waals surface area contributed by atoms with Gasteiger partial charge in [-0.3, -0.25) is 4.79 Å². The first-order chi connectivity index (χ1) is 10.1. The number of carboxylic acids is 1. The molecule has 2 aromatic carbocycles. The van der Waals surface area contributed by atoms with Crippen molar-refractivity contribution < 1.29 is 14.7 Å². The van der Waals surface area contributed by atoms with E-state index >= 15 is 0 Å². The van der Waals surface area contributed by atoms with Gasteiger partial charge < -0.3 is 10.4 Å². The number of hydrogen-bond acceptors (Lipinski definition) is 3. The highest BCUT2D eigenvalue weighted by atomic mass is 16.4. The van der Waals surface area contributed by atoms with Crippen molar-refractivity contribution in [3.63, 3.8) is 0 Å². The first-order valence-electron chi connectivity index (χ1n) is 6.44. The molecule has 0 heterocycles. The summed E-state index contributed by atoms with van der Waals surface area (Å²) in [6.07, 6.45) is 2.83. The molecule has 0 unspecified atom stereocenters. The molecule has 4 nitrogen and oxygen atoms in total. The highest BCUT2D eigenvalue weighted by molar-refractivity contribution is 6.04. The molecule has 0 aromatic heterocycles. The van der Waals surface area contributed by atoms with E-state index in [2.05, 4.69) is 5.32 Å². The first kappa shape index (κ1) is 14.5. The van der Waals surface area contributed by atoms with Crippen LogP contribution in [-0.4, -0.2) is 16.9 Å². The van der Waals surface area contributed by atoms with Gasteiger partial charge >= 0.3 is 5.97 Å². The minimum Gasteiger partial charge on any atom is -0.478 e. The van der Waals surface area contributed by atoms with Crippen molar-refractivity contribution >= 4 is 17.4 Å². The summed E-state index contributed by atoms with van der Waals surface area (Å²) >= 11 is 0. The molecule has 0 atom stereocenters. The fraction of sp³-hybridized carbons (Fsp3) is 0.0588. The Balaban J connectivity index is 2.09. The maximum Gasteiger partial charge on any atom is 0.337 e. The van der Waals surface area contributed by atoms with Crippen LogP contribution in [0.3, 0.4) is 0 Å². The number of aryl methyl sites for hydroxylation is 1. The van der Waals surface area contributed by atoms with Gasteiger partial charge in [0, 0.05) is 17.8 Å². The van der Waals surface area contributed by atoms with E-state index < -0.39 is 5.97 Å². The quantitative estimate of drug-likeness (QED) is 0.650. The average molecular weight is 281 g/mol. The summed E-state index contributed by atoms with van der Waals surface area (Å²) in [7, 11) is 0. The smallest absolute Gasteiger partial charge is 0.337 e. The monoisotopic (exact) mass is 281 g/mol. The number of aromatic carboxylic acids is 1. The lowest BCUT2D eigenvalue weighted by Gasteiger charge is -2.04. The number of carbonyl (C=O) groups excluding carboxylic acids is 1. The Hall–Kier alpha value is -2.88. The second-order valence-corrected chi connectivity index (χ2v) is 4.56. The molecular formula is C17H15NO3. The van der Waals surface area contributed by atoms with Crippen LogP contribution in [0.1, 0.15) is 26.3 Å². The molecule has 0 spiro atoms. The summed E-state index contributed by atoms with van der Waals surface area (Å²) in [6, 6.07) is 13.8. The van der Waals surface area contributed by atoms with E-state index in [4.69, 9.17) is 5.11 Å². The predicted octanol–water partition coefficient (Wildman–Crippen LogP) is 3.50. The number of rotatable bonds is 5. The standard InChI is InChI=1S/C17H15NO3/c1-12-5-4-6-13(11-12)16(19)9-10-18-15-8-3-2-7-14(15)17(20)21/h2-11,18H,1H3,(H,20,21). The van der Waals surface area contributed by atoms with Gasteiger partial charge in [0.15, 0.2) is 5.78 Å². The first-order valence-corrected chi connectivity index (χ1v) is 6.44. The Kier molecular flexibility index (Phi) is 4.51. The molecule has 0 saturated carbocycles. The lowest BCUT2D eigenvalue weighted by atomic mass is 10.1. The molecule has 0 aliphatic heterocycles. The van der Waals surface area contributed by atoms with Crippen molar-refractivity contribution in [2.45, 2.75) is 6.92 Å². The van der Waals surface area contributed by atoms with Gasteiger partial charge in [0.05, 0.1) is 11.3 Å². The number of hydrogen-bond donors (Lipinski definition) is 2. The molecule has 0 aliphatic carbocycles. The molecule has 2 rings (SSSR count). The van der Waals surface area contributed by atoms with E-state index in [0.29, 0.717) is 11.3 Å². The number of nitrogens with one attached hydrogen (secondary N) is 1. The van der Waals surface area contributed by atoms with Crippen molar-refractivity contribution in [1.82, 2.24) is 0 Å². The van der Waals surface area contributed by atoms with Crippen molar-refractivity contribution in [2.75, 3.05) is 5.32 Å². The van der Waals surface area contributed by atoms with Gasteiger partial charge in [0.1, 0.15) is 0 Å². The third-order valence-electron chi connectivity index (χ3n) is 2.93. The summed E-state index contributed by atoms with van der Waals surface area (Å²) in [4.78, 5) is 23.0. The summed E-state index contributed by atoms with van der Waals surface area (Å²) in [5.41, 5.74) is 2.21. The Labute approximate surface area is 122 Å². The fourth-order valence-corrected chi connectivity index (χ4v) is 1.90. The van der Waals surface area contributed by atoms with Gasteiger partial charge in [-0.15, -0.1) is 0 Å². The molecule has 2 aromatic rings. The topological polar surface area (TPSA) is 66.4 Å².